The van der Waals surface area contributed by atoms with Crippen molar-refractivity contribution in [2.75, 3.05) is 25.6 Å². The van der Waals surface area contributed by atoms with Crippen LogP contribution in [-0.2, 0) is 0 Å². The summed E-state index contributed by atoms with van der Waals surface area (Å²) in [5.74, 6) is 1.87. The molecule has 1 amide bonds. The van der Waals surface area contributed by atoms with E-state index in [1.165, 1.54) is 0 Å². The number of hydrogen-bond donors (Lipinski definition) is 2. The van der Waals surface area contributed by atoms with Crippen molar-refractivity contribution < 1.29 is 14.3 Å². The Bertz CT molecular complexity index is 659. The SMILES string of the molecule is CCC(C)Nc1ccc(C(=O)NCCOc2ccc(OC)cc2)nn1. The lowest BCUT2D eigenvalue weighted by molar-refractivity contribution is 0.0941. The molecular weight excluding hydrogens is 320 g/mol. The molecule has 1 aromatic carbocycles. The lowest BCUT2D eigenvalue weighted by Crippen LogP contribution is -2.29. The maximum absolute atomic E-state index is 12.0. The van der Waals surface area contributed by atoms with Gasteiger partial charge in [-0.15, -0.1) is 10.2 Å². The molecule has 0 spiro atoms. The van der Waals surface area contributed by atoms with Crippen molar-refractivity contribution in [3.63, 3.8) is 0 Å². The molecule has 2 aromatic rings. The molecule has 0 aliphatic heterocycles. The number of nitrogens with zero attached hydrogens (tertiary/aromatic N) is 2. The van der Waals surface area contributed by atoms with Gasteiger partial charge in [-0.1, -0.05) is 6.92 Å². The molecule has 1 aromatic heterocycles. The fraction of sp³-hybridized carbons (Fsp3) is 0.389. The van der Waals surface area contributed by atoms with Gasteiger partial charge in [0.15, 0.2) is 5.69 Å². The van der Waals surface area contributed by atoms with Crippen molar-refractivity contribution in [2.45, 2.75) is 26.3 Å². The second-order valence-corrected chi connectivity index (χ2v) is 5.54. The highest BCUT2D eigenvalue weighted by molar-refractivity contribution is 5.92. The number of nitrogens with one attached hydrogen (secondary N) is 2. The summed E-state index contributed by atoms with van der Waals surface area (Å²) in [5, 5.41) is 13.9. The van der Waals surface area contributed by atoms with Crippen LogP contribution in [0.2, 0.25) is 0 Å². The summed E-state index contributed by atoms with van der Waals surface area (Å²) in [4.78, 5) is 12.0. The maximum atomic E-state index is 12.0. The quantitative estimate of drug-likeness (QED) is 0.680. The molecule has 0 radical (unpaired) electrons. The first-order valence-corrected chi connectivity index (χ1v) is 8.27. The molecule has 2 rings (SSSR count). The number of carbonyl (C=O) groups excluding carboxylic acids is 1. The van der Waals surface area contributed by atoms with Crippen LogP contribution < -0.4 is 20.1 Å². The fourth-order valence-electron chi connectivity index (χ4n) is 1.98. The number of methoxy groups -OCH3 is 1. The Morgan fingerprint density at radius 3 is 2.44 bits per heavy atom. The summed E-state index contributed by atoms with van der Waals surface area (Å²) in [6.45, 7) is 4.88. The Morgan fingerprint density at radius 2 is 1.84 bits per heavy atom. The zero-order chi connectivity index (χ0) is 18.1. The number of hydrogen-bond acceptors (Lipinski definition) is 6. The first kappa shape index (κ1) is 18.5. The van der Waals surface area contributed by atoms with E-state index in [4.69, 9.17) is 9.47 Å². The highest BCUT2D eigenvalue weighted by Gasteiger charge is 2.08. The lowest BCUT2D eigenvalue weighted by atomic mass is 10.2. The highest BCUT2D eigenvalue weighted by atomic mass is 16.5. The predicted molar refractivity (Wildman–Crippen MR) is 96.2 cm³/mol. The van der Waals surface area contributed by atoms with Crippen molar-refractivity contribution in [1.29, 1.82) is 0 Å². The minimum absolute atomic E-state index is 0.277. The molecule has 1 atom stereocenters. The zero-order valence-electron chi connectivity index (χ0n) is 14.8. The normalized spacial score (nSPS) is 11.5. The van der Waals surface area contributed by atoms with E-state index in [9.17, 15) is 4.79 Å². The predicted octanol–water partition coefficient (Wildman–Crippen LogP) is 2.50. The van der Waals surface area contributed by atoms with Crippen LogP contribution in [0, 0.1) is 0 Å². The molecule has 1 heterocycles. The summed E-state index contributed by atoms with van der Waals surface area (Å²) in [7, 11) is 1.61. The van der Waals surface area contributed by atoms with Crippen LogP contribution in [0.25, 0.3) is 0 Å². The van der Waals surface area contributed by atoms with Gasteiger partial charge < -0.3 is 20.1 Å². The van der Waals surface area contributed by atoms with Gasteiger partial charge in [-0.3, -0.25) is 4.79 Å². The summed E-state index contributed by atoms with van der Waals surface area (Å²) in [6.07, 6.45) is 0.984. The Hall–Kier alpha value is -2.83. The Kier molecular flexibility index (Phi) is 7.00. The molecule has 1 unspecified atom stereocenters. The molecule has 0 fully saturated rings. The molecule has 0 bridgehead atoms. The van der Waals surface area contributed by atoms with Gasteiger partial charge in [-0.05, 0) is 49.7 Å². The number of benzene rings is 1. The first-order valence-electron chi connectivity index (χ1n) is 8.27. The van der Waals surface area contributed by atoms with Gasteiger partial charge in [0.05, 0.1) is 13.7 Å². The molecule has 134 valence electrons. The number of amides is 1. The van der Waals surface area contributed by atoms with Gasteiger partial charge in [0.2, 0.25) is 0 Å². The van der Waals surface area contributed by atoms with E-state index >= 15 is 0 Å². The minimum atomic E-state index is -0.277. The van der Waals surface area contributed by atoms with Crippen LogP contribution >= 0.6 is 0 Å². The molecule has 0 aliphatic carbocycles. The lowest BCUT2D eigenvalue weighted by Gasteiger charge is -2.11. The van der Waals surface area contributed by atoms with E-state index in [1.807, 2.05) is 24.3 Å². The summed E-state index contributed by atoms with van der Waals surface area (Å²) in [5.41, 5.74) is 0.277. The molecule has 25 heavy (non-hydrogen) atoms. The van der Waals surface area contributed by atoms with E-state index in [-0.39, 0.29) is 11.6 Å². The standard InChI is InChI=1S/C18H24N4O3/c1-4-13(2)20-17-10-9-16(21-22-17)18(23)19-11-12-25-15-7-5-14(24-3)6-8-15/h5-10,13H,4,11-12H2,1-3H3,(H,19,23)(H,20,22). The summed E-state index contributed by atoms with van der Waals surface area (Å²) in [6, 6.07) is 11.0. The third kappa shape index (κ3) is 5.95. The van der Waals surface area contributed by atoms with Gasteiger partial charge in [0, 0.05) is 6.04 Å². The van der Waals surface area contributed by atoms with E-state index in [0.717, 1.165) is 17.9 Å². The van der Waals surface area contributed by atoms with Crippen LogP contribution in [0.1, 0.15) is 30.8 Å². The number of ether oxygens (including phenoxy) is 2. The number of aromatic nitrogens is 2. The molecule has 7 heteroatoms. The second-order valence-electron chi connectivity index (χ2n) is 5.54. The van der Waals surface area contributed by atoms with Crippen LogP contribution in [0.5, 0.6) is 11.5 Å². The molecule has 2 N–H and O–H groups in total. The zero-order valence-corrected chi connectivity index (χ0v) is 14.8. The first-order chi connectivity index (χ1) is 12.1. The van der Waals surface area contributed by atoms with Crippen molar-refractivity contribution >= 4 is 11.7 Å². The van der Waals surface area contributed by atoms with Crippen molar-refractivity contribution in [3.05, 3.63) is 42.1 Å². The Morgan fingerprint density at radius 1 is 1.12 bits per heavy atom. The van der Waals surface area contributed by atoms with E-state index in [0.29, 0.717) is 25.0 Å². The Labute approximate surface area is 147 Å². The van der Waals surface area contributed by atoms with Crippen molar-refractivity contribution in [3.8, 4) is 11.5 Å². The molecule has 7 nitrogen and oxygen atoms in total. The molecule has 0 aliphatic rings. The van der Waals surface area contributed by atoms with Gasteiger partial charge in [-0.25, -0.2) is 0 Å². The number of carbonyl (C=O) groups is 1. The number of rotatable bonds is 9. The molecule has 0 saturated heterocycles. The molecule has 0 saturated carbocycles. The third-order valence-corrected chi connectivity index (χ3v) is 3.62. The van der Waals surface area contributed by atoms with Crippen LogP contribution in [0.15, 0.2) is 36.4 Å². The fourth-order valence-corrected chi connectivity index (χ4v) is 1.98. The maximum Gasteiger partial charge on any atom is 0.271 e. The van der Waals surface area contributed by atoms with Gasteiger partial charge in [0.25, 0.3) is 5.91 Å². The average molecular weight is 344 g/mol. The second kappa shape index (κ2) is 9.46. The highest BCUT2D eigenvalue weighted by Crippen LogP contribution is 2.16. The summed E-state index contributed by atoms with van der Waals surface area (Å²) < 4.78 is 10.6. The van der Waals surface area contributed by atoms with Crippen LogP contribution in [0.4, 0.5) is 5.82 Å². The van der Waals surface area contributed by atoms with Gasteiger partial charge >= 0.3 is 0 Å². The average Bonchev–Trinajstić information content (AvgIpc) is 2.66. The Balaban J connectivity index is 1.74. The third-order valence-electron chi connectivity index (χ3n) is 3.62. The van der Waals surface area contributed by atoms with Gasteiger partial charge in [-0.2, -0.15) is 0 Å². The largest absolute Gasteiger partial charge is 0.497 e. The smallest absolute Gasteiger partial charge is 0.271 e. The molecular formula is C18H24N4O3. The monoisotopic (exact) mass is 344 g/mol. The van der Waals surface area contributed by atoms with E-state index < -0.39 is 0 Å². The topological polar surface area (TPSA) is 85.4 Å². The van der Waals surface area contributed by atoms with Crippen molar-refractivity contribution in [2.24, 2.45) is 0 Å². The van der Waals surface area contributed by atoms with Crippen LogP contribution in [-0.4, -0.2) is 42.4 Å². The van der Waals surface area contributed by atoms with Crippen molar-refractivity contribution in [1.82, 2.24) is 15.5 Å². The van der Waals surface area contributed by atoms with E-state index in [1.54, 1.807) is 19.2 Å². The van der Waals surface area contributed by atoms with Crippen LogP contribution in [0.3, 0.4) is 0 Å². The minimum Gasteiger partial charge on any atom is -0.497 e. The number of anilines is 1. The van der Waals surface area contributed by atoms with Gasteiger partial charge in [0.1, 0.15) is 23.9 Å². The van der Waals surface area contributed by atoms with E-state index in [2.05, 4.69) is 34.7 Å². The summed E-state index contributed by atoms with van der Waals surface area (Å²) >= 11 is 0.